The molecule has 0 amide bonds. The second-order valence-corrected chi connectivity index (χ2v) is 6.54. The summed E-state index contributed by atoms with van der Waals surface area (Å²) in [5.41, 5.74) is 1.77. The topological polar surface area (TPSA) is 123 Å². The van der Waals surface area contributed by atoms with Crippen molar-refractivity contribution in [2.45, 2.75) is 4.90 Å². The van der Waals surface area contributed by atoms with E-state index in [2.05, 4.69) is 5.16 Å². The first-order chi connectivity index (χ1) is 11.4. The van der Waals surface area contributed by atoms with Gasteiger partial charge in [0.05, 0.1) is 10.5 Å². The van der Waals surface area contributed by atoms with Gasteiger partial charge in [0, 0.05) is 5.56 Å². The molecule has 24 heavy (non-hydrogen) atoms. The maximum Gasteiger partial charge on any atom is 0.375 e. The van der Waals surface area contributed by atoms with Gasteiger partial charge in [-0.2, -0.15) is 0 Å². The van der Waals surface area contributed by atoms with E-state index in [-0.39, 0.29) is 16.2 Å². The highest BCUT2D eigenvalue weighted by Gasteiger charge is 2.24. The lowest BCUT2D eigenvalue weighted by Gasteiger charge is -2.04. The Hall–Kier alpha value is -2.97. The van der Waals surface area contributed by atoms with Gasteiger partial charge in [0.1, 0.15) is 5.69 Å². The van der Waals surface area contributed by atoms with Crippen molar-refractivity contribution in [2.75, 3.05) is 0 Å². The Morgan fingerprint density at radius 1 is 1.00 bits per heavy atom. The Morgan fingerprint density at radius 2 is 1.62 bits per heavy atom. The maximum atomic E-state index is 11.4. The molecule has 0 radical (unpaired) electrons. The molecule has 0 bridgehead atoms. The Kier molecular flexibility index (Phi) is 3.92. The van der Waals surface area contributed by atoms with Crippen LogP contribution < -0.4 is 5.14 Å². The zero-order valence-electron chi connectivity index (χ0n) is 12.2. The van der Waals surface area contributed by atoms with Gasteiger partial charge >= 0.3 is 5.97 Å². The van der Waals surface area contributed by atoms with Gasteiger partial charge in [-0.05, 0) is 17.7 Å². The van der Waals surface area contributed by atoms with Crippen LogP contribution >= 0.6 is 0 Å². The van der Waals surface area contributed by atoms with Gasteiger partial charge < -0.3 is 9.63 Å². The number of benzene rings is 2. The fourth-order valence-electron chi connectivity index (χ4n) is 2.31. The summed E-state index contributed by atoms with van der Waals surface area (Å²) in [6.07, 6.45) is 0. The molecule has 1 aromatic heterocycles. The summed E-state index contributed by atoms with van der Waals surface area (Å²) in [5.74, 6) is -1.59. The summed E-state index contributed by atoms with van der Waals surface area (Å²) in [5, 5.41) is 18.2. The molecule has 0 saturated heterocycles. The lowest BCUT2D eigenvalue weighted by molar-refractivity contribution is 0.0653. The van der Waals surface area contributed by atoms with Crippen LogP contribution in [0.15, 0.2) is 64.0 Å². The smallest absolute Gasteiger partial charge is 0.375 e. The van der Waals surface area contributed by atoms with Crippen LogP contribution in [0, 0.1) is 0 Å². The number of carbonyl (C=O) groups is 1. The normalized spacial score (nSPS) is 11.4. The number of aromatic carboxylic acids is 1. The molecule has 0 aliphatic rings. The Labute approximate surface area is 137 Å². The Bertz CT molecular complexity index is 993. The second-order valence-electron chi connectivity index (χ2n) is 4.98. The first-order valence-electron chi connectivity index (χ1n) is 6.79. The second kappa shape index (κ2) is 5.91. The van der Waals surface area contributed by atoms with Crippen LogP contribution in [0.25, 0.3) is 22.4 Å². The number of hydrogen-bond donors (Lipinski definition) is 2. The van der Waals surface area contributed by atoms with E-state index >= 15 is 0 Å². The predicted molar refractivity (Wildman–Crippen MR) is 85.7 cm³/mol. The summed E-state index contributed by atoms with van der Waals surface area (Å²) in [6, 6.07) is 14.5. The Morgan fingerprint density at radius 3 is 2.17 bits per heavy atom. The van der Waals surface area contributed by atoms with Crippen LogP contribution in [0.5, 0.6) is 0 Å². The molecule has 0 aliphatic heterocycles. The average Bonchev–Trinajstić information content (AvgIpc) is 3.00. The number of nitrogens with zero attached hydrogens (tertiary/aromatic N) is 1. The lowest BCUT2D eigenvalue weighted by Crippen LogP contribution is -2.11. The van der Waals surface area contributed by atoms with Gasteiger partial charge in [-0.1, -0.05) is 47.6 Å². The van der Waals surface area contributed by atoms with E-state index in [9.17, 15) is 18.3 Å². The van der Waals surface area contributed by atoms with Gasteiger partial charge in [-0.25, -0.2) is 18.4 Å². The lowest BCUT2D eigenvalue weighted by atomic mass is 9.99. The summed E-state index contributed by atoms with van der Waals surface area (Å²) in [7, 11) is -3.83. The maximum absolute atomic E-state index is 11.4. The largest absolute Gasteiger partial charge is 0.475 e. The van der Waals surface area contributed by atoms with Crippen molar-refractivity contribution < 1.29 is 22.8 Å². The molecular formula is C16H12N2O5S. The number of primary sulfonamides is 1. The minimum absolute atomic E-state index is 0.0687. The van der Waals surface area contributed by atoms with Crippen molar-refractivity contribution in [2.24, 2.45) is 5.14 Å². The van der Waals surface area contributed by atoms with Crippen molar-refractivity contribution in [3.05, 3.63) is 60.4 Å². The fourth-order valence-corrected chi connectivity index (χ4v) is 2.82. The molecule has 0 saturated carbocycles. The molecule has 0 atom stereocenters. The highest BCUT2D eigenvalue weighted by atomic mass is 32.2. The summed E-state index contributed by atoms with van der Waals surface area (Å²) >= 11 is 0. The van der Waals surface area contributed by atoms with Crippen molar-refractivity contribution in [3.8, 4) is 22.4 Å². The summed E-state index contributed by atoms with van der Waals surface area (Å²) < 4.78 is 27.7. The quantitative estimate of drug-likeness (QED) is 0.749. The zero-order chi connectivity index (χ0) is 17.3. The van der Waals surface area contributed by atoms with E-state index in [1.54, 1.807) is 24.3 Å². The molecule has 122 valence electrons. The molecule has 8 heteroatoms. The molecule has 3 aromatic rings. The third-order valence-electron chi connectivity index (χ3n) is 3.41. The van der Waals surface area contributed by atoms with Crippen LogP contribution in [0.3, 0.4) is 0 Å². The molecule has 2 aromatic carbocycles. The number of nitrogens with two attached hydrogens (primary N) is 1. The van der Waals surface area contributed by atoms with Crippen molar-refractivity contribution in [1.82, 2.24) is 5.16 Å². The van der Waals surface area contributed by atoms with E-state index in [0.29, 0.717) is 16.8 Å². The molecule has 3 rings (SSSR count). The minimum Gasteiger partial charge on any atom is -0.475 e. The molecular weight excluding hydrogens is 332 g/mol. The highest BCUT2D eigenvalue weighted by Crippen LogP contribution is 2.34. The van der Waals surface area contributed by atoms with Crippen molar-refractivity contribution >= 4 is 16.0 Å². The number of rotatable bonds is 4. The van der Waals surface area contributed by atoms with Gasteiger partial charge in [-0.15, -0.1) is 0 Å². The van der Waals surface area contributed by atoms with Crippen LogP contribution in [-0.2, 0) is 10.0 Å². The van der Waals surface area contributed by atoms with Crippen molar-refractivity contribution in [1.29, 1.82) is 0 Å². The monoisotopic (exact) mass is 344 g/mol. The number of hydrogen-bond acceptors (Lipinski definition) is 5. The van der Waals surface area contributed by atoms with E-state index in [4.69, 9.17) is 9.66 Å². The van der Waals surface area contributed by atoms with Gasteiger partial charge in [0.2, 0.25) is 10.0 Å². The molecule has 0 spiro atoms. The molecule has 0 unspecified atom stereocenters. The van der Waals surface area contributed by atoms with Crippen LogP contribution in [0.2, 0.25) is 0 Å². The predicted octanol–water partition coefficient (Wildman–Crippen LogP) is 2.35. The van der Waals surface area contributed by atoms with E-state index in [0.717, 1.165) is 0 Å². The average molecular weight is 344 g/mol. The molecule has 1 heterocycles. The fraction of sp³-hybridized carbons (Fsp3) is 0. The SMILES string of the molecule is NS(=O)(=O)c1ccc(-c2c(-c3ccccc3)noc2C(=O)O)cc1. The first-order valence-corrected chi connectivity index (χ1v) is 8.34. The third kappa shape index (κ3) is 2.92. The summed E-state index contributed by atoms with van der Waals surface area (Å²) in [4.78, 5) is 11.3. The number of sulfonamides is 1. The zero-order valence-corrected chi connectivity index (χ0v) is 13.0. The van der Waals surface area contributed by atoms with Gasteiger partial charge in [-0.3, -0.25) is 0 Å². The van der Waals surface area contributed by atoms with Crippen LogP contribution in [0.4, 0.5) is 0 Å². The molecule has 3 N–H and O–H groups in total. The standard InChI is InChI=1S/C16H12N2O5S/c17-24(21,22)12-8-6-10(7-9-12)13-14(11-4-2-1-3-5-11)18-23-15(13)16(19)20/h1-9H,(H,19,20)(H2,17,21,22). The first kappa shape index (κ1) is 15.9. The summed E-state index contributed by atoms with van der Waals surface area (Å²) in [6.45, 7) is 0. The molecule has 0 aliphatic carbocycles. The third-order valence-corrected chi connectivity index (χ3v) is 4.33. The van der Waals surface area contributed by atoms with E-state index < -0.39 is 16.0 Å². The van der Waals surface area contributed by atoms with E-state index in [1.807, 2.05) is 6.07 Å². The van der Waals surface area contributed by atoms with E-state index in [1.165, 1.54) is 24.3 Å². The van der Waals surface area contributed by atoms with Gasteiger partial charge in [0.15, 0.2) is 0 Å². The van der Waals surface area contributed by atoms with Gasteiger partial charge in [0.25, 0.3) is 5.76 Å². The number of carboxylic acids is 1. The minimum atomic E-state index is -3.83. The highest BCUT2D eigenvalue weighted by molar-refractivity contribution is 7.89. The number of aromatic nitrogens is 1. The molecule has 7 nitrogen and oxygen atoms in total. The van der Waals surface area contributed by atoms with Crippen LogP contribution in [0.1, 0.15) is 10.6 Å². The molecule has 0 fully saturated rings. The van der Waals surface area contributed by atoms with Crippen LogP contribution in [-0.4, -0.2) is 24.7 Å². The van der Waals surface area contributed by atoms with Crippen molar-refractivity contribution in [3.63, 3.8) is 0 Å². The number of carboxylic acid groups (broad SMARTS) is 1. The Balaban J connectivity index is 2.19.